The molecular weight excluding hydrogens is 254 g/mol. The summed E-state index contributed by atoms with van der Waals surface area (Å²) >= 11 is 0. The average Bonchev–Trinajstić information content (AvgIpc) is 2.39. The fraction of sp³-hybridized carbons (Fsp3) is 0.200. The number of rotatable bonds is 3. The first-order valence-corrected chi connectivity index (χ1v) is 6.29. The van der Waals surface area contributed by atoms with Gasteiger partial charge >= 0.3 is 0 Å². The Morgan fingerprint density at radius 2 is 2.00 bits per heavy atom. The van der Waals surface area contributed by atoms with Gasteiger partial charge in [-0.2, -0.15) is 0 Å². The first-order valence-electron chi connectivity index (χ1n) is 6.29. The van der Waals surface area contributed by atoms with Gasteiger partial charge in [-0.05, 0) is 37.6 Å². The topological polar surface area (TPSA) is 77.1 Å². The van der Waals surface area contributed by atoms with Gasteiger partial charge in [0.15, 0.2) is 0 Å². The van der Waals surface area contributed by atoms with Gasteiger partial charge in [0.05, 0.1) is 0 Å². The number of pyridine rings is 1. The van der Waals surface area contributed by atoms with Crippen LogP contribution in [-0.2, 0) is 11.3 Å². The fourth-order valence-electron chi connectivity index (χ4n) is 1.85. The highest BCUT2D eigenvalue weighted by molar-refractivity contribution is 5.91. The van der Waals surface area contributed by atoms with Gasteiger partial charge in [0, 0.05) is 23.1 Å². The van der Waals surface area contributed by atoms with E-state index in [1.54, 1.807) is 37.4 Å². The minimum absolute atomic E-state index is 0.0195. The van der Waals surface area contributed by atoms with Gasteiger partial charge in [0.1, 0.15) is 6.54 Å². The van der Waals surface area contributed by atoms with Gasteiger partial charge in [0.2, 0.25) is 5.91 Å². The van der Waals surface area contributed by atoms with Gasteiger partial charge in [0.25, 0.3) is 5.56 Å². The van der Waals surface area contributed by atoms with Crippen molar-refractivity contribution in [2.75, 3.05) is 11.1 Å². The van der Waals surface area contributed by atoms with E-state index >= 15 is 0 Å². The summed E-state index contributed by atoms with van der Waals surface area (Å²) in [5.74, 6) is -0.263. The molecule has 0 bridgehead atoms. The molecule has 0 saturated heterocycles. The number of anilines is 2. The molecule has 0 fully saturated rings. The predicted molar refractivity (Wildman–Crippen MR) is 79.7 cm³/mol. The third-order valence-electron chi connectivity index (χ3n) is 3.09. The maximum atomic E-state index is 11.9. The SMILES string of the molecule is Cc1ccc(NC(=O)Cn2cccc(C)c2=O)cc1N. The summed E-state index contributed by atoms with van der Waals surface area (Å²) in [5.41, 5.74) is 8.44. The van der Waals surface area contributed by atoms with E-state index in [4.69, 9.17) is 5.73 Å². The summed E-state index contributed by atoms with van der Waals surface area (Å²) < 4.78 is 1.38. The third kappa shape index (κ3) is 3.06. The molecule has 0 atom stereocenters. The standard InChI is InChI=1S/C15H17N3O2/c1-10-5-6-12(8-13(10)16)17-14(19)9-18-7-3-4-11(2)15(18)20/h3-8H,9,16H2,1-2H3,(H,17,19). The Balaban J connectivity index is 2.11. The minimum atomic E-state index is -0.263. The lowest BCUT2D eigenvalue weighted by Crippen LogP contribution is -2.28. The van der Waals surface area contributed by atoms with Gasteiger partial charge < -0.3 is 15.6 Å². The molecule has 0 aliphatic rings. The fourth-order valence-corrected chi connectivity index (χ4v) is 1.85. The number of aryl methyl sites for hydroxylation is 2. The Morgan fingerprint density at radius 3 is 2.70 bits per heavy atom. The molecular formula is C15H17N3O2. The number of aromatic nitrogens is 1. The number of benzene rings is 1. The second-order valence-electron chi connectivity index (χ2n) is 4.74. The summed E-state index contributed by atoms with van der Waals surface area (Å²) in [4.78, 5) is 23.7. The Kier molecular flexibility index (Phi) is 3.89. The van der Waals surface area contributed by atoms with Crippen molar-refractivity contribution in [2.24, 2.45) is 0 Å². The number of hydrogen-bond donors (Lipinski definition) is 2. The summed E-state index contributed by atoms with van der Waals surface area (Å²) in [7, 11) is 0. The van der Waals surface area contributed by atoms with Crippen molar-refractivity contribution in [1.29, 1.82) is 0 Å². The van der Waals surface area contributed by atoms with Crippen LogP contribution in [0.25, 0.3) is 0 Å². The highest BCUT2D eigenvalue weighted by Gasteiger charge is 2.06. The van der Waals surface area contributed by atoms with Crippen LogP contribution in [0.5, 0.6) is 0 Å². The number of nitrogens with two attached hydrogens (primary N) is 1. The Morgan fingerprint density at radius 1 is 1.25 bits per heavy atom. The van der Waals surface area contributed by atoms with Crippen molar-refractivity contribution >= 4 is 17.3 Å². The minimum Gasteiger partial charge on any atom is -0.398 e. The van der Waals surface area contributed by atoms with E-state index < -0.39 is 0 Å². The second-order valence-corrected chi connectivity index (χ2v) is 4.74. The lowest BCUT2D eigenvalue weighted by Gasteiger charge is -2.09. The first-order chi connectivity index (χ1) is 9.47. The summed E-state index contributed by atoms with van der Waals surface area (Å²) in [5, 5.41) is 2.73. The quantitative estimate of drug-likeness (QED) is 0.834. The third-order valence-corrected chi connectivity index (χ3v) is 3.09. The number of nitrogens with one attached hydrogen (secondary N) is 1. The lowest BCUT2D eigenvalue weighted by atomic mass is 10.2. The molecule has 0 saturated carbocycles. The number of nitrogen functional groups attached to an aromatic ring is 1. The van der Waals surface area contributed by atoms with Gasteiger partial charge in [-0.3, -0.25) is 9.59 Å². The molecule has 1 aromatic heterocycles. The van der Waals surface area contributed by atoms with Crippen LogP contribution in [0.1, 0.15) is 11.1 Å². The maximum Gasteiger partial charge on any atom is 0.253 e. The Bertz CT molecular complexity index is 705. The van der Waals surface area contributed by atoms with Gasteiger partial charge in [-0.25, -0.2) is 0 Å². The van der Waals surface area contributed by atoms with E-state index in [1.165, 1.54) is 4.57 Å². The lowest BCUT2D eigenvalue weighted by molar-refractivity contribution is -0.116. The molecule has 0 aliphatic heterocycles. The number of carbonyl (C=O) groups excluding carboxylic acids is 1. The van der Waals surface area contributed by atoms with Crippen molar-refractivity contribution in [3.8, 4) is 0 Å². The molecule has 1 aromatic carbocycles. The monoisotopic (exact) mass is 271 g/mol. The summed E-state index contributed by atoms with van der Waals surface area (Å²) in [6, 6.07) is 8.78. The molecule has 2 aromatic rings. The van der Waals surface area contributed by atoms with Crippen LogP contribution < -0.4 is 16.6 Å². The summed E-state index contributed by atoms with van der Waals surface area (Å²) in [6.45, 7) is 3.60. The summed E-state index contributed by atoms with van der Waals surface area (Å²) in [6.07, 6.45) is 1.60. The molecule has 0 aliphatic carbocycles. The van der Waals surface area contributed by atoms with Crippen molar-refractivity contribution in [3.63, 3.8) is 0 Å². The van der Waals surface area contributed by atoms with E-state index in [1.807, 2.05) is 13.0 Å². The first kappa shape index (κ1) is 13.9. The molecule has 104 valence electrons. The zero-order chi connectivity index (χ0) is 14.7. The maximum absolute atomic E-state index is 11.9. The molecule has 1 amide bonds. The normalized spacial score (nSPS) is 10.3. The number of amides is 1. The van der Waals surface area contributed by atoms with Crippen molar-refractivity contribution < 1.29 is 4.79 Å². The van der Waals surface area contributed by atoms with E-state index in [2.05, 4.69) is 5.32 Å². The van der Waals surface area contributed by atoms with Crippen molar-refractivity contribution in [1.82, 2.24) is 4.57 Å². The van der Waals surface area contributed by atoms with Crippen LogP contribution in [0.15, 0.2) is 41.3 Å². The number of hydrogen-bond acceptors (Lipinski definition) is 3. The largest absolute Gasteiger partial charge is 0.398 e. The zero-order valence-electron chi connectivity index (χ0n) is 11.5. The number of nitrogens with zero attached hydrogens (tertiary/aromatic N) is 1. The van der Waals surface area contributed by atoms with Crippen LogP contribution >= 0.6 is 0 Å². The highest BCUT2D eigenvalue weighted by Crippen LogP contribution is 2.16. The Labute approximate surface area is 117 Å². The zero-order valence-corrected chi connectivity index (χ0v) is 11.5. The smallest absolute Gasteiger partial charge is 0.253 e. The molecule has 3 N–H and O–H groups in total. The van der Waals surface area contributed by atoms with E-state index in [-0.39, 0.29) is 18.0 Å². The number of carbonyl (C=O) groups is 1. The van der Waals surface area contributed by atoms with E-state index in [0.717, 1.165) is 5.56 Å². The Hall–Kier alpha value is -2.56. The van der Waals surface area contributed by atoms with Crippen molar-refractivity contribution in [2.45, 2.75) is 20.4 Å². The molecule has 0 radical (unpaired) electrons. The molecule has 0 spiro atoms. The molecule has 5 heteroatoms. The van der Waals surface area contributed by atoms with Gasteiger partial charge in [-0.1, -0.05) is 12.1 Å². The van der Waals surface area contributed by atoms with Gasteiger partial charge in [-0.15, -0.1) is 0 Å². The molecule has 0 unspecified atom stereocenters. The second kappa shape index (κ2) is 5.61. The van der Waals surface area contributed by atoms with Crippen LogP contribution in [-0.4, -0.2) is 10.5 Å². The van der Waals surface area contributed by atoms with Crippen LogP contribution in [0.3, 0.4) is 0 Å². The molecule has 2 rings (SSSR count). The average molecular weight is 271 g/mol. The highest BCUT2D eigenvalue weighted by atomic mass is 16.2. The molecule has 5 nitrogen and oxygen atoms in total. The molecule has 20 heavy (non-hydrogen) atoms. The van der Waals surface area contributed by atoms with E-state index in [9.17, 15) is 9.59 Å². The van der Waals surface area contributed by atoms with Crippen LogP contribution in [0.4, 0.5) is 11.4 Å². The molecule has 1 heterocycles. The van der Waals surface area contributed by atoms with E-state index in [0.29, 0.717) is 16.9 Å². The predicted octanol–water partition coefficient (Wildman–Crippen LogP) is 1.69. The van der Waals surface area contributed by atoms with Crippen LogP contribution in [0.2, 0.25) is 0 Å². The van der Waals surface area contributed by atoms with Crippen LogP contribution in [0, 0.1) is 13.8 Å². The van der Waals surface area contributed by atoms with Crippen molar-refractivity contribution in [3.05, 3.63) is 58.0 Å².